The van der Waals surface area contributed by atoms with Gasteiger partial charge in [0.25, 0.3) is 0 Å². The Hall–Kier alpha value is -2.21. The quantitative estimate of drug-likeness (QED) is 0.316. The number of alkyl carbamates (subject to hydrolysis) is 1. The number of nitrogens with zero attached hydrogens (tertiary/aromatic N) is 1. The lowest BCUT2D eigenvalue weighted by Crippen LogP contribution is -2.33. The first-order valence-electron chi connectivity index (χ1n) is 12.7. The summed E-state index contributed by atoms with van der Waals surface area (Å²) in [7, 11) is -4.59. The molecule has 0 atom stereocenters. The molecular weight excluding hydrogens is 475 g/mol. The maximum atomic E-state index is 13.1. The maximum absolute atomic E-state index is 13.1. The van der Waals surface area contributed by atoms with Crippen molar-refractivity contribution in [1.82, 2.24) is 10.3 Å². The zero-order valence-electron chi connectivity index (χ0n) is 23.2. The second-order valence-corrected chi connectivity index (χ2v) is 12.9. The van der Waals surface area contributed by atoms with Crippen molar-refractivity contribution in [2.45, 2.75) is 98.9 Å². The second-order valence-electron chi connectivity index (χ2n) is 11.0. The Balaban J connectivity index is 2.94. The van der Waals surface area contributed by atoms with Crippen LogP contribution in [0.4, 0.5) is 4.79 Å². The number of carbonyl (C=O) groups excluding carboxylic acids is 1. The van der Waals surface area contributed by atoms with Crippen LogP contribution in [0.3, 0.4) is 0 Å². The highest BCUT2D eigenvalue weighted by molar-refractivity contribution is 7.53. The van der Waals surface area contributed by atoms with Crippen molar-refractivity contribution in [2.75, 3.05) is 0 Å². The fourth-order valence-electron chi connectivity index (χ4n) is 4.79. The van der Waals surface area contributed by atoms with Gasteiger partial charge >= 0.3 is 13.7 Å². The average molecular weight is 519 g/mol. The summed E-state index contributed by atoms with van der Waals surface area (Å²) in [5, 5.41) is 1.47. The van der Waals surface area contributed by atoms with E-state index < -0.39 is 24.4 Å². The summed E-state index contributed by atoms with van der Waals surface area (Å²) in [6.45, 7) is 17.2. The number of ether oxygens (including phenoxy) is 1. The highest BCUT2D eigenvalue weighted by atomic mass is 31.2. The SMILES string of the molecule is CCC(CC)(c1c(C)nc(CC(C)C)c(CNC(=O)OC(C)(C)C)c1-c1ccc(C)cc1)P(=O)(O)O. The van der Waals surface area contributed by atoms with Crippen molar-refractivity contribution in [1.29, 1.82) is 0 Å². The standard InChI is InChI=1S/C28H43N2O5P/c1-10-28(11-2,36(32,33)34)25-20(6)30-23(16-18(3)4)22(17-29-26(31)35-27(7,8)9)24(25)21-14-12-19(5)13-15-21/h12-15,18H,10-11,16-17H2,1-9H3,(H,29,31)(H2,32,33,34). The summed E-state index contributed by atoms with van der Waals surface area (Å²) in [4.78, 5) is 38.8. The van der Waals surface area contributed by atoms with Crippen LogP contribution in [0.25, 0.3) is 11.1 Å². The maximum Gasteiger partial charge on any atom is 0.407 e. The first-order valence-corrected chi connectivity index (χ1v) is 14.3. The van der Waals surface area contributed by atoms with Gasteiger partial charge < -0.3 is 19.8 Å². The van der Waals surface area contributed by atoms with Crippen LogP contribution in [-0.2, 0) is 27.4 Å². The van der Waals surface area contributed by atoms with Crippen molar-refractivity contribution in [3.05, 3.63) is 52.3 Å². The highest BCUT2D eigenvalue weighted by Crippen LogP contribution is 2.63. The third-order valence-corrected chi connectivity index (χ3v) is 8.48. The van der Waals surface area contributed by atoms with Gasteiger partial charge in [0.1, 0.15) is 5.60 Å². The molecular formula is C28H43N2O5P. The van der Waals surface area contributed by atoms with Crippen LogP contribution in [0.15, 0.2) is 24.3 Å². The summed E-state index contributed by atoms with van der Waals surface area (Å²) in [5.74, 6) is 0.290. The minimum Gasteiger partial charge on any atom is -0.444 e. The van der Waals surface area contributed by atoms with E-state index in [1.807, 2.05) is 52.0 Å². The van der Waals surface area contributed by atoms with Gasteiger partial charge in [0, 0.05) is 23.5 Å². The molecule has 200 valence electrons. The van der Waals surface area contributed by atoms with Crippen LogP contribution < -0.4 is 5.32 Å². The lowest BCUT2D eigenvalue weighted by Gasteiger charge is -2.37. The summed E-state index contributed by atoms with van der Waals surface area (Å²) in [6.07, 6.45) is 0.601. The Bertz CT molecular complexity index is 1110. The van der Waals surface area contributed by atoms with E-state index in [1.54, 1.807) is 20.8 Å². The number of amides is 1. The van der Waals surface area contributed by atoms with Gasteiger partial charge in [-0.15, -0.1) is 0 Å². The lowest BCUT2D eigenvalue weighted by molar-refractivity contribution is 0.0523. The zero-order valence-corrected chi connectivity index (χ0v) is 24.1. The van der Waals surface area contributed by atoms with Crippen LogP contribution in [0.1, 0.15) is 89.4 Å². The van der Waals surface area contributed by atoms with Crippen molar-refractivity contribution in [3.63, 3.8) is 0 Å². The molecule has 0 saturated heterocycles. The highest BCUT2D eigenvalue weighted by Gasteiger charge is 2.48. The summed E-state index contributed by atoms with van der Waals surface area (Å²) >= 11 is 0. The molecule has 2 aromatic rings. The summed E-state index contributed by atoms with van der Waals surface area (Å²) in [6, 6.07) is 7.91. The van der Waals surface area contributed by atoms with Gasteiger partial charge in [-0.25, -0.2) is 4.79 Å². The second kappa shape index (κ2) is 11.5. The van der Waals surface area contributed by atoms with Gasteiger partial charge in [-0.05, 0) is 76.5 Å². The molecule has 1 aromatic heterocycles. The Kier molecular flexibility index (Phi) is 9.55. The third kappa shape index (κ3) is 6.76. The molecule has 2 rings (SSSR count). The monoisotopic (exact) mass is 518 g/mol. The smallest absolute Gasteiger partial charge is 0.407 e. The molecule has 7 nitrogen and oxygen atoms in total. The van der Waals surface area contributed by atoms with E-state index in [1.165, 1.54) is 0 Å². The van der Waals surface area contributed by atoms with Gasteiger partial charge in [0.2, 0.25) is 0 Å². The van der Waals surface area contributed by atoms with Crippen LogP contribution in [0.5, 0.6) is 0 Å². The first-order chi connectivity index (χ1) is 16.6. The topological polar surface area (TPSA) is 109 Å². The predicted octanol–water partition coefficient (Wildman–Crippen LogP) is 6.78. The number of aromatic nitrogens is 1. The van der Waals surface area contributed by atoms with Crippen LogP contribution in [0, 0.1) is 19.8 Å². The van der Waals surface area contributed by atoms with E-state index in [2.05, 4.69) is 19.2 Å². The Labute approximate surface area is 216 Å². The van der Waals surface area contributed by atoms with Crippen LogP contribution in [-0.4, -0.2) is 26.5 Å². The molecule has 0 aliphatic carbocycles. The first kappa shape index (κ1) is 30.0. The number of aryl methyl sites for hydroxylation is 2. The number of pyridine rings is 1. The predicted molar refractivity (Wildman–Crippen MR) is 145 cm³/mol. The van der Waals surface area contributed by atoms with Crippen LogP contribution >= 0.6 is 7.60 Å². The minimum atomic E-state index is -4.59. The Morgan fingerprint density at radius 2 is 1.64 bits per heavy atom. The molecule has 8 heteroatoms. The summed E-state index contributed by atoms with van der Waals surface area (Å²) < 4.78 is 18.5. The van der Waals surface area contributed by atoms with E-state index >= 15 is 0 Å². The molecule has 0 bridgehead atoms. The number of rotatable bonds is 9. The van der Waals surface area contributed by atoms with Crippen molar-refractivity contribution >= 4 is 13.7 Å². The molecule has 0 radical (unpaired) electrons. The molecule has 1 amide bonds. The molecule has 0 aliphatic rings. The Morgan fingerprint density at radius 1 is 1.08 bits per heavy atom. The molecule has 0 unspecified atom stereocenters. The molecule has 0 spiro atoms. The molecule has 36 heavy (non-hydrogen) atoms. The molecule has 1 aromatic carbocycles. The normalized spacial score (nSPS) is 12.7. The molecule has 1 heterocycles. The molecule has 0 fully saturated rings. The van der Waals surface area contributed by atoms with E-state index in [0.29, 0.717) is 17.7 Å². The van der Waals surface area contributed by atoms with E-state index in [9.17, 15) is 19.1 Å². The molecule has 0 aliphatic heterocycles. The minimum absolute atomic E-state index is 0.130. The van der Waals surface area contributed by atoms with Crippen molar-refractivity contribution in [3.8, 4) is 11.1 Å². The van der Waals surface area contributed by atoms with Gasteiger partial charge in [-0.2, -0.15) is 0 Å². The number of nitrogens with one attached hydrogen (secondary N) is 1. The Morgan fingerprint density at radius 3 is 2.08 bits per heavy atom. The lowest BCUT2D eigenvalue weighted by atomic mass is 9.81. The molecule has 0 saturated carbocycles. The number of hydrogen-bond acceptors (Lipinski definition) is 4. The fraction of sp³-hybridized carbons (Fsp3) is 0.571. The largest absolute Gasteiger partial charge is 0.444 e. The van der Waals surface area contributed by atoms with E-state index in [0.717, 1.165) is 27.9 Å². The molecule has 3 N–H and O–H groups in total. The van der Waals surface area contributed by atoms with Crippen molar-refractivity contribution in [2.24, 2.45) is 5.92 Å². The average Bonchev–Trinajstić information content (AvgIpc) is 2.73. The number of benzene rings is 1. The van der Waals surface area contributed by atoms with Crippen molar-refractivity contribution < 1.29 is 23.9 Å². The van der Waals surface area contributed by atoms with Gasteiger partial charge in [-0.3, -0.25) is 9.55 Å². The number of hydrogen-bond donors (Lipinski definition) is 3. The van der Waals surface area contributed by atoms with Crippen LogP contribution in [0.2, 0.25) is 0 Å². The summed E-state index contributed by atoms with van der Waals surface area (Å²) in [5.41, 5.74) is 4.74. The third-order valence-electron chi connectivity index (χ3n) is 6.51. The fourth-order valence-corrected chi connectivity index (χ4v) is 6.18. The van der Waals surface area contributed by atoms with E-state index in [-0.39, 0.29) is 25.3 Å². The number of carbonyl (C=O) groups is 1. The van der Waals surface area contributed by atoms with Gasteiger partial charge in [0.05, 0.1) is 5.16 Å². The zero-order chi connectivity index (χ0) is 27.5. The van der Waals surface area contributed by atoms with Gasteiger partial charge in [0.15, 0.2) is 0 Å². The van der Waals surface area contributed by atoms with Gasteiger partial charge in [-0.1, -0.05) is 57.5 Å². The van der Waals surface area contributed by atoms with E-state index in [4.69, 9.17) is 9.72 Å².